The van der Waals surface area contributed by atoms with Crippen LogP contribution in [0.1, 0.15) is 25.3 Å². The normalized spacial score (nSPS) is 12.4. The largest absolute Gasteiger partial charge is 0.353 e. The smallest absolute Gasteiger partial charge is 0.220 e. The molecular formula is C11H18N2OS. The van der Waals surface area contributed by atoms with E-state index in [1.807, 2.05) is 6.92 Å². The van der Waals surface area contributed by atoms with Crippen LogP contribution in [0.2, 0.25) is 0 Å². The minimum Gasteiger partial charge on any atom is -0.353 e. The Balaban J connectivity index is 2.23. The van der Waals surface area contributed by atoms with Crippen molar-refractivity contribution in [2.75, 3.05) is 6.54 Å². The maximum Gasteiger partial charge on any atom is 0.220 e. The second kappa shape index (κ2) is 6.58. The van der Waals surface area contributed by atoms with Crippen LogP contribution in [-0.2, 0) is 11.2 Å². The number of rotatable bonds is 6. The Morgan fingerprint density at radius 1 is 1.67 bits per heavy atom. The summed E-state index contributed by atoms with van der Waals surface area (Å²) in [4.78, 5) is 11.4. The third-order valence-electron chi connectivity index (χ3n) is 2.14. The zero-order chi connectivity index (χ0) is 11.1. The first kappa shape index (κ1) is 12.2. The minimum absolute atomic E-state index is 0.100. The lowest BCUT2D eigenvalue weighted by Crippen LogP contribution is -2.34. The van der Waals surface area contributed by atoms with Crippen LogP contribution < -0.4 is 11.1 Å². The van der Waals surface area contributed by atoms with Crippen LogP contribution in [0.15, 0.2) is 16.8 Å². The zero-order valence-electron chi connectivity index (χ0n) is 9.03. The average Bonchev–Trinajstić information content (AvgIpc) is 2.67. The molecule has 0 aliphatic carbocycles. The van der Waals surface area contributed by atoms with Gasteiger partial charge in [-0.25, -0.2) is 0 Å². The van der Waals surface area contributed by atoms with Crippen molar-refractivity contribution in [2.24, 2.45) is 5.73 Å². The highest BCUT2D eigenvalue weighted by atomic mass is 32.1. The molecule has 0 saturated carbocycles. The molecular weight excluding hydrogens is 208 g/mol. The van der Waals surface area contributed by atoms with Crippen LogP contribution >= 0.6 is 11.3 Å². The van der Waals surface area contributed by atoms with Crippen LogP contribution in [0.5, 0.6) is 0 Å². The summed E-state index contributed by atoms with van der Waals surface area (Å²) in [6, 6.07) is 2.29. The van der Waals surface area contributed by atoms with Gasteiger partial charge in [0.15, 0.2) is 0 Å². The van der Waals surface area contributed by atoms with Crippen molar-refractivity contribution in [3.8, 4) is 0 Å². The predicted octanol–water partition coefficient (Wildman–Crippen LogP) is 1.53. The number of carbonyl (C=O) groups excluding carboxylic acids is 1. The Kier molecular flexibility index (Phi) is 5.36. The quantitative estimate of drug-likeness (QED) is 0.773. The van der Waals surface area contributed by atoms with E-state index in [0.717, 1.165) is 12.8 Å². The number of carbonyl (C=O) groups is 1. The lowest BCUT2D eigenvalue weighted by molar-refractivity contribution is -0.121. The lowest BCUT2D eigenvalue weighted by Gasteiger charge is -2.12. The van der Waals surface area contributed by atoms with E-state index in [9.17, 15) is 4.79 Å². The molecule has 1 heterocycles. The highest BCUT2D eigenvalue weighted by Gasteiger charge is 2.07. The molecule has 84 valence electrons. The Morgan fingerprint density at radius 2 is 2.47 bits per heavy atom. The van der Waals surface area contributed by atoms with E-state index in [1.54, 1.807) is 11.3 Å². The van der Waals surface area contributed by atoms with Crippen molar-refractivity contribution in [1.82, 2.24) is 5.32 Å². The van der Waals surface area contributed by atoms with E-state index >= 15 is 0 Å². The van der Waals surface area contributed by atoms with Gasteiger partial charge in [0, 0.05) is 12.5 Å². The van der Waals surface area contributed by atoms with Gasteiger partial charge in [-0.15, -0.1) is 0 Å². The average molecular weight is 226 g/mol. The summed E-state index contributed by atoms with van der Waals surface area (Å²) in [5.74, 6) is 0.100. The van der Waals surface area contributed by atoms with Gasteiger partial charge in [0.25, 0.3) is 0 Å². The van der Waals surface area contributed by atoms with E-state index in [2.05, 4.69) is 22.1 Å². The second-order valence-corrected chi connectivity index (χ2v) is 4.48. The third-order valence-corrected chi connectivity index (χ3v) is 2.87. The molecule has 1 unspecified atom stereocenters. The van der Waals surface area contributed by atoms with Crippen LogP contribution in [-0.4, -0.2) is 18.5 Å². The van der Waals surface area contributed by atoms with Crippen molar-refractivity contribution >= 4 is 17.2 Å². The molecule has 1 aromatic rings. The maximum atomic E-state index is 11.4. The van der Waals surface area contributed by atoms with Crippen molar-refractivity contribution in [3.05, 3.63) is 22.4 Å². The van der Waals surface area contributed by atoms with E-state index in [0.29, 0.717) is 13.0 Å². The van der Waals surface area contributed by atoms with Gasteiger partial charge in [-0.05, 0) is 48.7 Å². The van der Waals surface area contributed by atoms with Crippen LogP contribution in [0.3, 0.4) is 0 Å². The zero-order valence-corrected chi connectivity index (χ0v) is 9.85. The van der Waals surface area contributed by atoms with Gasteiger partial charge in [0.05, 0.1) is 0 Å². The van der Waals surface area contributed by atoms with Crippen molar-refractivity contribution in [1.29, 1.82) is 0 Å². The molecule has 0 bridgehead atoms. The molecule has 0 aliphatic rings. The summed E-state index contributed by atoms with van der Waals surface area (Å²) in [5, 5.41) is 7.13. The molecule has 15 heavy (non-hydrogen) atoms. The summed E-state index contributed by atoms with van der Waals surface area (Å²) in [5.41, 5.74) is 6.62. The van der Waals surface area contributed by atoms with Gasteiger partial charge in [0.1, 0.15) is 0 Å². The number of nitrogens with one attached hydrogen (secondary N) is 1. The first-order valence-corrected chi connectivity index (χ1v) is 6.17. The topological polar surface area (TPSA) is 55.1 Å². The summed E-state index contributed by atoms with van der Waals surface area (Å²) >= 11 is 1.69. The molecule has 1 amide bonds. The number of hydrogen-bond acceptors (Lipinski definition) is 3. The Bertz CT molecular complexity index is 285. The molecule has 3 N–H and O–H groups in total. The van der Waals surface area contributed by atoms with Gasteiger partial charge in [-0.1, -0.05) is 0 Å². The van der Waals surface area contributed by atoms with Gasteiger partial charge >= 0.3 is 0 Å². The second-order valence-electron chi connectivity index (χ2n) is 3.70. The molecule has 0 radical (unpaired) electrons. The summed E-state index contributed by atoms with van der Waals surface area (Å²) in [6.07, 6.45) is 2.19. The molecule has 0 fully saturated rings. The van der Waals surface area contributed by atoms with Gasteiger partial charge in [0.2, 0.25) is 5.91 Å². The van der Waals surface area contributed by atoms with Crippen LogP contribution in [0.4, 0.5) is 0 Å². The predicted molar refractivity (Wildman–Crippen MR) is 63.9 cm³/mol. The van der Waals surface area contributed by atoms with Gasteiger partial charge in [-0.2, -0.15) is 11.3 Å². The fraction of sp³-hybridized carbons (Fsp3) is 0.545. The van der Waals surface area contributed by atoms with E-state index in [4.69, 9.17) is 5.73 Å². The van der Waals surface area contributed by atoms with E-state index < -0.39 is 0 Å². The highest BCUT2D eigenvalue weighted by molar-refractivity contribution is 7.07. The molecule has 0 spiro atoms. The summed E-state index contributed by atoms with van der Waals surface area (Å²) in [6.45, 7) is 2.60. The SMILES string of the molecule is CC(Cc1ccsc1)NC(=O)CCCN. The van der Waals surface area contributed by atoms with Crippen molar-refractivity contribution in [3.63, 3.8) is 0 Å². The standard InChI is InChI=1S/C11H18N2OS/c1-9(7-10-4-6-15-8-10)13-11(14)3-2-5-12/h4,6,8-9H,2-3,5,7,12H2,1H3,(H,13,14). The lowest BCUT2D eigenvalue weighted by atomic mass is 10.1. The molecule has 1 atom stereocenters. The molecule has 1 aromatic heterocycles. The monoisotopic (exact) mass is 226 g/mol. The number of nitrogens with two attached hydrogens (primary N) is 1. The molecule has 1 rings (SSSR count). The van der Waals surface area contributed by atoms with Crippen molar-refractivity contribution < 1.29 is 4.79 Å². The fourth-order valence-electron chi connectivity index (χ4n) is 1.42. The van der Waals surface area contributed by atoms with Crippen molar-refractivity contribution in [2.45, 2.75) is 32.2 Å². The molecule has 4 heteroatoms. The first-order valence-electron chi connectivity index (χ1n) is 5.23. The Morgan fingerprint density at radius 3 is 3.07 bits per heavy atom. The minimum atomic E-state index is 0.100. The van der Waals surface area contributed by atoms with Crippen LogP contribution in [0.25, 0.3) is 0 Å². The number of hydrogen-bond donors (Lipinski definition) is 2. The van der Waals surface area contributed by atoms with Gasteiger partial charge in [-0.3, -0.25) is 4.79 Å². The molecule has 3 nitrogen and oxygen atoms in total. The number of thiophene rings is 1. The van der Waals surface area contributed by atoms with E-state index in [-0.39, 0.29) is 11.9 Å². The molecule has 0 saturated heterocycles. The molecule has 0 aliphatic heterocycles. The summed E-state index contributed by atoms with van der Waals surface area (Å²) < 4.78 is 0. The molecule has 0 aromatic carbocycles. The fourth-order valence-corrected chi connectivity index (χ4v) is 2.10. The first-order chi connectivity index (χ1) is 7.22. The van der Waals surface area contributed by atoms with Crippen LogP contribution in [0, 0.1) is 0 Å². The highest BCUT2D eigenvalue weighted by Crippen LogP contribution is 2.08. The van der Waals surface area contributed by atoms with E-state index in [1.165, 1.54) is 5.56 Å². The Labute approximate surface area is 94.7 Å². The van der Waals surface area contributed by atoms with Gasteiger partial charge < -0.3 is 11.1 Å². The Hall–Kier alpha value is -0.870. The third kappa shape index (κ3) is 4.95. The summed E-state index contributed by atoms with van der Waals surface area (Å²) in [7, 11) is 0. The number of amides is 1. The maximum absolute atomic E-state index is 11.4.